The van der Waals surface area contributed by atoms with E-state index in [0.29, 0.717) is 12.5 Å². The first-order valence-corrected chi connectivity index (χ1v) is 6.23. The summed E-state index contributed by atoms with van der Waals surface area (Å²) in [6.45, 7) is 4.73. The first kappa shape index (κ1) is 14.4. The van der Waals surface area contributed by atoms with E-state index in [1.54, 1.807) is 12.1 Å². The van der Waals surface area contributed by atoms with Gasteiger partial charge in [-0.25, -0.2) is 4.39 Å². The van der Waals surface area contributed by atoms with E-state index in [1.165, 1.54) is 6.07 Å². The number of hydrogen-bond donors (Lipinski definition) is 1. The van der Waals surface area contributed by atoms with Crippen LogP contribution in [0, 0.1) is 11.7 Å². The molecule has 0 spiro atoms. The summed E-state index contributed by atoms with van der Waals surface area (Å²) in [5, 5.41) is 0.195. The summed E-state index contributed by atoms with van der Waals surface area (Å²) in [6.07, 6.45) is 0.869. The van der Waals surface area contributed by atoms with Crippen LogP contribution in [0.2, 0.25) is 5.02 Å². The molecule has 1 rings (SSSR count). The number of nitrogens with zero attached hydrogens (tertiary/aromatic N) is 1. The highest BCUT2D eigenvalue weighted by Gasteiger charge is 2.06. The minimum atomic E-state index is -0.361. The predicted molar refractivity (Wildman–Crippen MR) is 70.8 cm³/mol. The average Bonchev–Trinajstić information content (AvgIpc) is 2.30. The van der Waals surface area contributed by atoms with Crippen molar-refractivity contribution in [2.75, 3.05) is 26.7 Å². The van der Waals surface area contributed by atoms with Gasteiger partial charge in [0, 0.05) is 13.1 Å². The number of benzene rings is 1. The molecule has 1 unspecified atom stereocenters. The Morgan fingerprint density at radius 1 is 1.47 bits per heavy atom. The fourth-order valence-electron chi connectivity index (χ4n) is 1.71. The molecule has 2 nitrogen and oxygen atoms in total. The molecule has 0 radical (unpaired) electrons. The van der Waals surface area contributed by atoms with Gasteiger partial charge < -0.3 is 10.6 Å². The summed E-state index contributed by atoms with van der Waals surface area (Å²) in [5.74, 6) is 0.136. The molecule has 2 N–H and O–H groups in total. The van der Waals surface area contributed by atoms with Gasteiger partial charge in [0.2, 0.25) is 0 Å². The summed E-state index contributed by atoms with van der Waals surface area (Å²) in [4.78, 5) is 2.23. The number of likely N-dealkylation sites (N-methyl/N-ethyl adjacent to an activating group) is 1. The van der Waals surface area contributed by atoms with Gasteiger partial charge in [0.15, 0.2) is 0 Å². The van der Waals surface area contributed by atoms with Crippen molar-refractivity contribution in [1.82, 2.24) is 4.90 Å². The van der Waals surface area contributed by atoms with E-state index in [9.17, 15) is 4.39 Å². The molecule has 96 valence electrons. The van der Waals surface area contributed by atoms with Crippen molar-refractivity contribution in [2.45, 2.75) is 13.3 Å². The van der Waals surface area contributed by atoms with Crippen LogP contribution in [0.4, 0.5) is 4.39 Å². The molecule has 17 heavy (non-hydrogen) atoms. The van der Waals surface area contributed by atoms with Gasteiger partial charge >= 0.3 is 0 Å². The lowest BCUT2D eigenvalue weighted by Crippen LogP contribution is -2.29. The number of halogens is 2. The molecular weight excluding hydrogens is 239 g/mol. The zero-order valence-corrected chi connectivity index (χ0v) is 11.2. The van der Waals surface area contributed by atoms with Crippen molar-refractivity contribution in [3.63, 3.8) is 0 Å². The van der Waals surface area contributed by atoms with Crippen LogP contribution in [-0.2, 0) is 6.42 Å². The fourth-order valence-corrected chi connectivity index (χ4v) is 1.92. The Kier molecular flexibility index (Phi) is 5.89. The third kappa shape index (κ3) is 5.02. The molecule has 1 aromatic rings. The maximum absolute atomic E-state index is 13.0. The molecule has 0 heterocycles. The van der Waals surface area contributed by atoms with E-state index in [1.807, 2.05) is 0 Å². The minimum absolute atomic E-state index is 0.195. The second-order valence-electron chi connectivity index (χ2n) is 4.60. The van der Waals surface area contributed by atoms with Crippen molar-refractivity contribution in [2.24, 2.45) is 11.7 Å². The van der Waals surface area contributed by atoms with Gasteiger partial charge in [-0.1, -0.05) is 24.6 Å². The summed E-state index contributed by atoms with van der Waals surface area (Å²) in [5.41, 5.74) is 6.64. The van der Waals surface area contributed by atoms with E-state index in [-0.39, 0.29) is 10.8 Å². The SMILES string of the molecule is CC(CN)CN(C)CCc1ccc(F)c(Cl)c1. The molecule has 4 heteroatoms. The van der Waals surface area contributed by atoms with Gasteiger partial charge in [-0.2, -0.15) is 0 Å². The second kappa shape index (κ2) is 6.94. The van der Waals surface area contributed by atoms with Crippen LogP contribution in [0.5, 0.6) is 0 Å². The van der Waals surface area contributed by atoms with Crippen LogP contribution in [0.3, 0.4) is 0 Å². The van der Waals surface area contributed by atoms with Crippen molar-refractivity contribution in [1.29, 1.82) is 0 Å². The lowest BCUT2D eigenvalue weighted by molar-refractivity contribution is 0.292. The number of rotatable bonds is 6. The Morgan fingerprint density at radius 2 is 2.18 bits per heavy atom. The zero-order chi connectivity index (χ0) is 12.8. The molecule has 0 aliphatic heterocycles. The molecule has 1 aromatic carbocycles. The van der Waals surface area contributed by atoms with Gasteiger partial charge in [0.25, 0.3) is 0 Å². The highest BCUT2D eigenvalue weighted by atomic mass is 35.5. The second-order valence-corrected chi connectivity index (χ2v) is 5.01. The summed E-state index contributed by atoms with van der Waals surface area (Å²) in [6, 6.07) is 4.89. The van der Waals surface area contributed by atoms with Crippen LogP contribution in [-0.4, -0.2) is 31.6 Å². The van der Waals surface area contributed by atoms with Crippen LogP contribution >= 0.6 is 11.6 Å². The van der Waals surface area contributed by atoms with Gasteiger partial charge in [-0.05, 0) is 43.6 Å². The Labute approximate surface area is 108 Å². The first-order valence-electron chi connectivity index (χ1n) is 5.85. The smallest absolute Gasteiger partial charge is 0.141 e. The number of nitrogens with two attached hydrogens (primary N) is 1. The van der Waals surface area contributed by atoms with E-state index in [2.05, 4.69) is 18.9 Å². The monoisotopic (exact) mass is 258 g/mol. The van der Waals surface area contributed by atoms with Crippen LogP contribution < -0.4 is 5.73 Å². The minimum Gasteiger partial charge on any atom is -0.330 e. The lowest BCUT2D eigenvalue weighted by Gasteiger charge is -2.20. The van der Waals surface area contributed by atoms with E-state index < -0.39 is 0 Å². The summed E-state index contributed by atoms with van der Waals surface area (Å²) < 4.78 is 13.0. The third-order valence-corrected chi connectivity index (χ3v) is 3.08. The standard InChI is InChI=1S/C13H20ClFN2/c1-10(8-16)9-17(2)6-5-11-3-4-13(15)12(14)7-11/h3-4,7,10H,5-6,8-9,16H2,1-2H3. The maximum Gasteiger partial charge on any atom is 0.141 e. The van der Waals surface area contributed by atoms with Crippen molar-refractivity contribution >= 4 is 11.6 Å². The Morgan fingerprint density at radius 3 is 2.76 bits per heavy atom. The lowest BCUT2D eigenvalue weighted by atomic mass is 10.1. The van der Waals surface area contributed by atoms with Gasteiger partial charge in [-0.3, -0.25) is 0 Å². The molecule has 1 atom stereocenters. The molecule has 0 amide bonds. The quantitative estimate of drug-likeness (QED) is 0.850. The molecule has 0 bridgehead atoms. The molecular formula is C13H20ClFN2. The van der Waals surface area contributed by atoms with Gasteiger partial charge in [-0.15, -0.1) is 0 Å². The van der Waals surface area contributed by atoms with E-state index in [0.717, 1.165) is 25.1 Å². The zero-order valence-electron chi connectivity index (χ0n) is 10.4. The van der Waals surface area contributed by atoms with Crippen molar-refractivity contribution in [3.05, 3.63) is 34.6 Å². The molecule has 0 aromatic heterocycles. The number of hydrogen-bond acceptors (Lipinski definition) is 2. The Bertz CT molecular complexity index is 357. The van der Waals surface area contributed by atoms with E-state index >= 15 is 0 Å². The maximum atomic E-state index is 13.0. The highest BCUT2D eigenvalue weighted by Crippen LogP contribution is 2.16. The van der Waals surface area contributed by atoms with Crippen molar-refractivity contribution < 1.29 is 4.39 Å². The average molecular weight is 259 g/mol. The van der Waals surface area contributed by atoms with E-state index in [4.69, 9.17) is 17.3 Å². The highest BCUT2D eigenvalue weighted by molar-refractivity contribution is 6.30. The summed E-state index contributed by atoms with van der Waals surface area (Å²) >= 11 is 5.73. The molecule has 0 saturated carbocycles. The van der Waals surface area contributed by atoms with Gasteiger partial charge in [0.1, 0.15) is 5.82 Å². The normalized spacial score (nSPS) is 13.1. The topological polar surface area (TPSA) is 29.3 Å². The van der Waals surface area contributed by atoms with Crippen LogP contribution in [0.1, 0.15) is 12.5 Å². The largest absolute Gasteiger partial charge is 0.330 e. The molecule has 0 fully saturated rings. The summed E-state index contributed by atoms with van der Waals surface area (Å²) in [7, 11) is 2.07. The Balaban J connectivity index is 2.42. The Hall–Kier alpha value is -0.640. The van der Waals surface area contributed by atoms with Crippen LogP contribution in [0.15, 0.2) is 18.2 Å². The first-order chi connectivity index (χ1) is 8.02. The molecule has 0 saturated heterocycles. The van der Waals surface area contributed by atoms with Crippen LogP contribution in [0.25, 0.3) is 0 Å². The van der Waals surface area contributed by atoms with Crippen molar-refractivity contribution in [3.8, 4) is 0 Å². The molecule has 0 aliphatic rings. The van der Waals surface area contributed by atoms with Gasteiger partial charge in [0.05, 0.1) is 5.02 Å². The predicted octanol–water partition coefficient (Wildman–Crippen LogP) is 2.55. The third-order valence-electron chi connectivity index (χ3n) is 2.79. The fraction of sp³-hybridized carbons (Fsp3) is 0.538. The molecule has 0 aliphatic carbocycles.